The Bertz CT molecular complexity index is 234. The predicted molar refractivity (Wildman–Crippen MR) is 79.2 cm³/mol. The third kappa shape index (κ3) is 5.71. The minimum Gasteiger partial charge on any atom is -0.356 e. The highest BCUT2D eigenvalue weighted by molar-refractivity contribution is 5.79. The molecule has 1 aliphatic carbocycles. The lowest BCUT2D eigenvalue weighted by atomic mass is 10.2. The summed E-state index contributed by atoms with van der Waals surface area (Å²) in [6, 6.07) is 0.807. The van der Waals surface area contributed by atoms with Gasteiger partial charge < -0.3 is 15.5 Å². The highest BCUT2D eigenvalue weighted by Gasteiger charge is 2.18. The van der Waals surface area contributed by atoms with Gasteiger partial charge in [0.25, 0.3) is 0 Å². The molecule has 106 valence electrons. The van der Waals surface area contributed by atoms with Crippen LogP contribution in [0.4, 0.5) is 0 Å². The Balaban J connectivity index is 2.10. The smallest absolute Gasteiger partial charge is 0.191 e. The van der Waals surface area contributed by atoms with Gasteiger partial charge in [-0.25, -0.2) is 0 Å². The normalized spacial score (nSPS) is 17.4. The van der Waals surface area contributed by atoms with Crippen molar-refractivity contribution in [3.8, 4) is 0 Å². The number of nitrogens with one attached hydrogen (secondary N) is 2. The molecule has 18 heavy (non-hydrogen) atoms. The Hall–Kier alpha value is -0.770. The van der Waals surface area contributed by atoms with Crippen LogP contribution in [-0.2, 0) is 0 Å². The topological polar surface area (TPSA) is 39.7 Å². The zero-order chi connectivity index (χ0) is 13.2. The van der Waals surface area contributed by atoms with Gasteiger partial charge in [-0.15, -0.1) is 0 Å². The van der Waals surface area contributed by atoms with Crippen LogP contribution in [-0.4, -0.2) is 50.6 Å². The van der Waals surface area contributed by atoms with Gasteiger partial charge in [0.05, 0.1) is 0 Å². The zero-order valence-corrected chi connectivity index (χ0v) is 12.3. The van der Waals surface area contributed by atoms with Crippen molar-refractivity contribution in [2.24, 2.45) is 4.99 Å². The first-order chi connectivity index (χ1) is 8.77. The van der Waals surface area contributed by atoms with Crippen molar-refractivity contribution in [3.05, 3.63) is 0 Å². The maximum absolute atomic E-state index is 4.23. The molecule has 1 saturated carbocycles. The largest absolute Gasteiger partial charge is 0.356 e. The summed E-state index contributed by atoms with van der Waals surface area (Å²) >= 11 is 0. The Morgan fingerprint density at radius 1 is 1.22 bits per heavy atom. The number of nitrogens with zero attached hydrogens (tertiary/aromatic N) is 2. The quantitative estimate of drug-likeness (QED) is 0.414. The standard InChI is InChI=1S/C14H30N4/c1-4-5-10-16-14(15-2)17-11-12-18(3)13-8-6-7-9-13/h13H,4-12H2,1-3H3,(H2,15,16,17). The second-order valence-corrected chi connectivity index (χ2v) is 5.20. The van der Waals surface area contributed by atoms with Crippen molar-refractivity contribution in [2.75, 3.05) is 33.7 Å². The van der Waals surface area contributed by atoms with Crippen molar-refractivity contribution in [2.45, 2.75) is 51.5 Å². The van der Waals surface area contributed by atoms with E-state index in [4.69, 9.17) is 0 Å². The number of guanidine groups is 1. The fourth-order valence-electron chi connectivity index (χ4n) is 2.48. The molecule has 0 spiro atoms. The summed E-state index contributed by atoms with van der Waals surface area (Å²) in [5, 5.41) is 6.71. The third-order valence-corrected chi connectivity index (χ3v) is 3.75. The molecule has 0 aromatic heterocycles. The van der Waals surface area contributed by atoms with E-state index in [-0.39, 0.29) is 0 Å². The van der Waals surface area contributed by atoms with Gasteiger partial charge >= 0.3 is 0 Å². The summed E-state index contributed by atoms with van der Waals surface area (Å²) in [6.45, 7) is 5.28. The lowest BCUT2D eigenvalue weighted by Gasteiger charge is -2.24. The van der Waals surface area contributed by atoms with E-state index < -0.39 is 0 Å². The van der Waals surface area contributed by atoms with Gasteiger partial charge in [0, 0.05) is 32.7 Å². The first-order valence-electron chi connectivity index (χ1n) is 7.42. The molecule has 4 nitrogen and oxygen atoms in total. The molecule has 0 bridgehead atoms. The summed E-state index contributed by atoms with van der Waals surface area (Å²) < 4.78 is 0. The SMILES string of the molecule is CCCCNC(=NC)NCCN(C)C1CCCC1. The van der Waals surface area contributed by atoms with Gasteiger partial charge in [0.2, 0.25) is 0 Å². The minimum atomic E-state index is 0.807. The zero-order valence-electron chi connectivity index (χ0n) is 12.3. The van der Waals surface area contributed by atoms with Crippen LogP contribution in [0.3, 0.4) is 0 Å². The molecule has 1 aliphatic rings. The van der Waals surface area contributed by atoms with Gasteiger partial charge in [-0.3, -0.25) is 4.99 Å². The molecule has 1 rings (SSSR count). The van der Waals surface area contributed by atoms with Crippen LogP contribution < -0.4 is 10.6 Å². The fourth-order valence-corrected chi connectivity index (χ4v) is 2.48. The minimum absolute atomic E-state index is 0.807. The van der Waals surface area contributed by atoms with Crippen molar-refractivity contribution < 1.29 is 0 Å². The summed E-state index contributed by atoms with van der Waals surface area (Å²) in [6.07, 6.45) is 7.97. The first kappa shape index (κ1) is 15.3. The van der Waals surface area contributed by atoms with E-state index in [2.05, 4.69) is 34.5 Å². The number of hydrogen-bond donors (Lipinski definition) is 2. The fraction of sp³-hybridized carbons (Fsp3) is 0.929. The lowest BCUT2D eigenvalue weighted by Crippen LogP contribution is -2.42. The summed E-state index contributed by atoms with van der Waals surface area (Å²) in [5.41, 5.74) is 0. The van der Waals surface area contributed by atoms with Gasteiger partial charge in [0.1, 0.15) is 0 Å². The molecule has 0 aromatic carbocycles. The Morgan fingerprint density at radius 2 is 1.89 bits per heavy atom. The van der Waals surface area contributed by atoms with E-state index in [0.29, 0.717) is 0 Å². The average Bonchev–Trinajstić information content (AvgIpc) is 2.91. The van der Waals surface area contributed by atoms with Crippen LogP contribution in [0.25, 0.3) is 0 Å². The number of aliphatic imine (C=N–C) groups is 1. The Morgan fingerprint density at radius 3 is 2.50 bits per heavy atom. The van der Waals surface area contributed by atoms with Crippen LogP contribution in [0, 0.1) is 0 Å². The van der Waals surface area contributed by atoms with Crippen LogP contribution in [0.5, 0.6) is 0 Å². The second-order valence-electron chi connectivity index (χ2n) is 5.20. The van der Waals surface area contributed by atoms with E-state index in [1.165, 1.54) is 38.5 Å². The van der Waals surface area contributed by atoms with E-state index in [9.17, 15) is 0 Å². The maximum Gasteiger partial charge on any atom is 0.191 e. The van der Waals surface area contributed by atoms with E-state index in [1.54, 1.807) is 0 Å². The van der Waals surface area contributed by atoms with Crippen LogP contribution in [0.2, 0.25) is 0 Å². The van der Waals surface area contributed by atoms with Crippen molar-refractivity contribution in [3.63, 3.8) is 0 Å². The molecule has 0 heterocycles. The summed E-state index contributed by atoms with van der Waals surface area (Å²) in [5.74, 6) is 0.934. The van der Waals surface area contributed by atoms with E-state index >= 15 is 0 Å². The molecule has 0 atom stereocenters. The molecule has 0 amide bonds. The summed E-state index contributed by atoms with van der Waals surface area (Å²) in [7, 11) is 4.08. The van der Waals surface area contributed by atoms with Gasteiger partial charge in [-0.2, -0.15) is 0 Å². The molecule has 0 radical (unpaired) electrons. The molecule has 0 saturated heterocycles. The van der Waals surface area contributed by atoms with E-state index in [1.807, 2.05) is 7.05 Å². The number of hydrogen-bond acceptors (Lipinski definition) is 2. The molecular formula is C14H30N4. The molecule has 0 aliphatic heterocycles. The molecule has 0 aromatic rings. The lowest BCUT2D eigenvalue weighted by molar-refractivity contribution is 0.249. The highest BCUT2D eigenvalue weighted by Crippen LogP contribution is 2.21. The van der Waals surface area contributed by atoms with Crippen molar-refractivity contribution in [1.29, 1.82) is 0 Å². The predicted octanol–water partition coefficient (Wildman–Crippen LogP) is 1.83. The monoisotopic (exact) mass is 254 g/mol. The molecule has 1 fully saturated rings. The third-order valence-electron chi connectivity index (χ3n) is 3.75. The van der Waals surface area contributed by atoms with Gasteiger partial charge in [0.15, 0.2) is 5.96 Å². The van der Waals surface area contributed by atoms with Gasteiger partial charge in [-0.05, 0) is 26.3 Å². The Kier molecular flexibility index (Phi) is 7.81. The highest BCUT2D eigenvalue weighted by atomic mass is 15.2. The second kappa shape index (κ2) is 9.20. The molecule has 4 heteroatoms. The van der Waals surface area contributed by atoms with E-state index in [0.717, 1.165) is 31.6 Å². The number of likely N-dealkylation sites (N-methyl/N-ethyl adjacent to an activating group) is 1. The number of unbranched alkanes of at least 4 members (excludes halogenated alkanes) is 1. The maximum atomic E-state index is 4.23. The Labute approximate surface area is 112 Å². The van der Waals surface area contributed by atoms with Gasteiger partial charge in [-0.1, -0.05) is 26.2 Å². The average molecular weight is 254 g/mol. The summed E-state index contributed by atoms with van der Waals surface area (Å²) in [4.78, 5) is 6.72. The van der Waals surface area contributed by atoms with Crippen molar-refractivity contribution >= 4 is 5.96 Å². The molecule has 0 unspecified atom stereocenters. The number of rotatable bonds is 7. The molecular weight excluding hydrogens is 224 g/mol. The molecule has 2 N–H and O–H groups in total. The first-order valence-corrected chi connectivity index (χ1v) is 7.42. The van der Waals surface area contributed by atoms with Crippen LogP contribution >= 0.6 is 0 Å². The van der Waals surface area contributed by atoms with Crippen molar-refractivity contribution in [1.82, 2.24) is 15.5 Å². The van der Waals surface area contributed by atoms with Crippen LogP contribution in [0.1, 0.15) is 45.4 Å². The van der Waals surface area contributed by atoms with Crippen LogP contribution in [0.15, 0.2) is 4.99 Å².